The summed E-state index contributed by atoms with van der Waals surface area (Å²) in [6.07, 6.45) is 1.16. The summed E-state index contributed by atoms with van der Waals surface area (Å²) >= 11 is 0. The summed E-state index contributed by atoms with van der Waals surface area (Å²) in [7, 11) is 0. The Hall–Kier alpha value is -2.50. The fraction of sp³-hybridized carbons (Fsp3) is 0.167. The summed E-state index contributed by atoms with van der Waals surface area (Å²) in [4.78, 5) is 15.2. The van der Waals surface area contributed by atoms with Crippen molar-refractivity contribution in [2.45, 2.75) is 6.92 Å². The highest BCUT2D eigenvalue weighted by Crippen LogP contribution is 2.21. The second-order valence-corrected chi connectivity index (χ2v) is 3.39. The largest absolute Gasteiger partial charge is 0.461 e. The van der Waals surface area contributed by atoms with Crippen molar-refractivity contribution in [3.8, 4) is 11.8 Å². The van der Waals surface area contributed by atoms with E-state index in [1.54, 1.807) is 31.2 Å². The van der Waals surface area contributed by atoms with Gasteiger partial charge in [0.25, 0.3) is 0 Å². The molecule has 0 fully saturated rings. The van der Waals surface area contributed by atoms with Crippen LogP contribution in [-0.4, -0.2) is 17.6 Å². The summed E-state index contributed by atoms with van der Waals surface area (Å²) in [5, 5.41) is 0. The van der Waals surface area contributed by atoms with Crippen LogP contribution in [0.3, 0.4) is 0 Å². The molecule has 0 atom stereocenters. The lowest BCUT2D eigenvalue weighted by Gasteiger charge is -2.00. The third-order valence-electron chi connectivity index (χ3n) is 2.05. The molecule has 0 aliphatic heterocycles. The number of benzene rings is 1. The summed E-state index contributed by atoms with van der Waals surface area (Å²) in [6.45, 7) is 1.99. The molecule has 94 valence electrons. The summed E-state index contributed by atoms with van der Waals surface area (Å²) in [5.41, 5.74) is 6.24. The van der Waals surface area contributed by atoms with Crippen molar-refractivity contribution in [1.82, 2.24) is 4.98 Å². The number of aromatic nitrogens is 1. The number of anilines is 1. The predicted octanol–water partition coefficient (Wildman–Crippen LogP) is 2.23. The van der Waals surface area contributed by atoms with Crippen LogP contribution < -0.4 is 10.5 Å². The summed E-state index contributed by atoms with van der Waals surface area (Å²) < 4.78 is 15.1. The number of oxazole rings is 1. The predicted molar refractivity (Wildman–Crippen MR) is 63.4 cm³/mol. The first-order valence-electron chi connectivity index (χ1n) is 5.35. The minimum Gasteiger partial charge on any atom is -0.461 e. The van der Waals surface area contributed by atoms with Gasteiger partial charge in [0.1, 0.15) is 12.0 Å². The van der Waals surface area contributed by atoms with Crippen LogP contribution in [0, 0.1) is 0 Å². The average Bonchev–Trinajstić information content (AvgIpc) is 2.81. The first-order chi connectivity index (χ1) is 8.69. The van der Waals surface area contributed by atoms with Crippen molar-refractivity contribution >= 4 is 11.7 Å². The van der Waals surface area contributed by atoms with Gasteiger partial charge in [-0.25, -0.2) is 4.79 Å². The molecule has 18 heavy (non-hydrogen) atoms. The molecule has 6 nitrogen and oxygen atoms in total. The van der Waals surface area contributed by atoms with Gasteiger partial charge in [-0.1, -0.05) is 0 Å². The molecule has 0 radical (unpaired) electrons. The number of rotatable bonds is 4. The van der Waals surface area contributed by atoms with Crippen molar-refractivity contribution in [2.75, 3.05) is 12.3 Å². The van der Waals surface area contributed by atoms with Crippen molar-refractivity contribution < 1.29 is 18.7 Å². The lowest BCUT2D eigenvalue weighted by atomic mass is 10.3. The van der Waals surface area contributed by atoms with E-state index in [1.807, 2.05) is 0 Å². The number of nitrogen functional groups attached to an aromatic ring is 1. The van der Waals surface area contributed by atoms with Gasteiger partial charge < -0.3 is 19.6 Å². The Morgan fingerprint density at radius 1 is 1.39 bits per heavy atom. The second-order valence-electron chi connectivity index (χ2n) is 3.39. The molecule has 1 heterocycles. The van der Waals surface area contributed by atoms with E-state index in [0.29, 0.717) is 11.4 Å². The molecule has 1 aromatic heterocycles. The average molecular weight is 248 g/mol. The normalized spacial score (nSPS) is 10.1. The first-order valence-corrected chi connectivity index (χ1v) is 5.35. The molecule has 2 rings (SSSR count). The third-order valence-corrected chi connectivity index (χ3v) is 2.05. The van der Waals surface area contributed by atoms with Crippen LogP contribution in [0.1, 0.15) is 17.4 Å². The van der Waals surface area contributed by atoms with Crippen molar-refractivity contribution in [3.05, 3.63) is 36.2 Å². The second kappa shape index (κ2) is 5.22. The summed E-state index contributed by atoms with van der Waals surface area (Å²) in [6, 6.07) is 6.71. The topological polar surface area (TPSA) is 87.6 Å². The molecule has 0 spiro atoms. The molecular weight excluding hydrogens is 236 g/mol. The number of hydrogen-bond acceptors (Lipinski definition) is 6. The number of carbonyl (C=O) groups excluding carboxylic acids is 1. The quantitative estimate of drug-likeness (QED) is 0.659. The fourth-order valence-electron chi connectivity index (χ4n) is 1.24. The van der Waals surface area contributed by atoms with Crippen LogP contribution in [-0.2, 0) is 4.74 Å². The van der Waals surface area contributed by atoms with E-state index in [0.717, 1.165) is 0 Å². The van der Waals surface area contributed by atoms with E-state index in [2.05, 4.69) is 4.98 Å². The number of ether oxygens (including phenoxy) is 2. The molecular formula is C12H12N2O4. The fourth-order valence-corrected chi connectivity index (χ4v) is 1.24. The van der Waals surface area contributed by atoms with E-state index >= 15 is 0 Å². The molecule has 0 unspecified atom stereocenters. The molecule has 2 N–H and O–H groups in total. The Labute approximate surface area is 103 Å². The van der Waals surface area contributed by atoms with E-state index in [-0.39, 0.29) is 18.4 Å². The zero-order valence-corrected chi connectivity index (χ0v) is 9.75. The third kappa shape index (κ3) is 2.79. The molecule has 0 bridgehead atoms. The van der Waals surface area contributed by atoms with Gasteiger partial charge in [-0.2, -0.15) is 4.98 Å². The minimum absolute atomic E-state index is 0.0252. The van der Waals surface area contributed by atoms with Gasteiger partial charge in [0.05, 0.1) is 6.61 Å². The van der Waals surface area contributed by atoms with E-state index in [4.69, 9.17) is 19.6 Å². The monoisotopic (exact) mass is 248 g/mol. The minimum atomic E-state index is -0.548. The van der Waals surface area contributed by atoms with Crippen LogP contribution in [0.15, 0.2) is 34.9 Å². The molecule has 0 aliphatic rings. The maximum atomic E-state index is 11.3. The van der Waals surface area contributed by atoms with E-state index in [9.17, 15) is 4.79 Å². The van der Waals surface area contributed by atoms with Crippen molar-refractivity contribution in [2.24, 2.45) is 0 Å². The highest BCUT2D eigenvalue weighted by Gasteiger charge is 2.14. The molecule has 6 heteroatoms. The number of hydrogen-bond donors (Lipinski definition) is 1. The SMILES string of the molecule is CCOC(=O)c1coc(Oc2ccc(N)cc2)n1. The highest BCUT2D eigenvalue weighted by molar-refractivity contribution is 5.86. The first kappa shape index (κ1) is 12.0. The van der Waals surface area contributed by atoms with Gasteiger partial charge in [-0.15, -0.1) is 0 Å². The highest BCUT2D eigenvalue weighted by atomic mass is 16.6. The Balaban J connectivity index is 2.06. The van der Waals surface area contributed by atoms with Gasteiger partial charge in [0, 0.05) is 5.69 Å². The Bertz CT molecular complexity index is 533. The van der Waals surface area contributed by atoms with Crippen LogP contribution in [0.5, 0.6) is 11.8 Å². The lowest BCUT2D eigenvalue weighted by Crippen LogP contribution is -2.04. The zero-order valence-electron chi connectivity index (χ0n) is 9.75. The smallest absolute Gasteiger partial charge is 0.399 e. The maximum absolute atomic E-state index is 11.3. The van der Waals surface area contributed by atoms with Gasteiger partial charge in [-0.3, -0.25) is 0 Å². The van der Waals surface area contributed by atoms with Gasteiger partial charge in [0.15, 0.2) is 5.69 Å². The van der Waals surface area contributed by atoms with E-state index in [1.165, 1.54) is 6.26 Å². The molecule has 0 saturated carbocycles. The molecule has 0 amide bonds. The molecule has 1 aromatic carbocycles. The van der Waals surface area contributed by atoms with Crippen LogP contribution >= 0.6 is 0 Å². The molecule has 0 aliphatic carbocycles. The Morgan fingerprint density at radius 2 is 2.11 bits per heavy atom. The van der Waals surface area contributed by atoms with Gasteiger partial charge >= 0.3 is 12.0 Å². The van der Waals surface area contributed by atoms with E-state index < -0.39 is 5.97 Å². The van der Waals surface area contributed by atoms with Crippen LogP contribution in [0.2, 0.25) is 0 Å². The summed E-state index contributed by atoms with van der Waals surface area (Å²) in [5.74, 6) is -0.0325. The van der Waals surface area contributed by atoms with Crippen molar-refractivity contribution in [1.29, 1.82) is 0 Å². The molecule has 2 aromatic rings. The number of esters is 1. The maximum Gasteiger partial charge on any atom is 0.399 e. The van der Waals surface area contributed by atoms with Gasteiger partial charge in [-0.05, 0) is 31.2 Å². The molecule has 0 saturated heterocycles. The Kier molecular flexibility index (Phi) is 3.47. The van der Waals surface area contributed by atoms with Crippen LogP contribution in [0.4, 0.5) is 5.69 Å². The zero-order chi connectivity index (χ0) is 13.0. The number of nitrogens with zero attached hydrogens (tertiary/aromatic N) is 1. The lowest BCUT2D eigenvalue weighted by molar-refractivity contribution is 0.0519. The number of carbonyl (C=O) groups is 1. The van der Waals surface area contributed by atoms with Gasteiger partial charge in [0.2, 0.25) is 0 Å². The standard InChI is InChI=1S/C12H12N2O4/c1-2-16-11(15)10-7-17-12(14-10)18-9-5-3-8(13)4-6-9/h3-7H,2,13H2,1H3. The number of nitrogens with two attached hydrogens (primary N) is 1. The van der Waals surface area contributed by atoms with Crippen LogP contribution in [0.25, 0.3) is 0 Å². The Morgan fingerprint density at radius 3 is 2.78 bits per heavy atom. The van der Waals surface area contributed by atoms with Crippen molar-refractivity contribution in [3.63, 3.8) is 0 Å².